The highest BCUT2D eigenvalue weighted by Crippen LogP contribution is 2.45. The summed E-state index contributed by atoms with van der Waals surface area (Å²) in [6, 6.07) is 16.7. The lowest BCUT2D eigenvalue weighted by Gasteiger charge is -2.20. The molecule has 0 amide bonds. The molecule has 1 radical (unpaired) electrons. The van der Waals surface area contributed by atoms with Gasteiger partial charge in [-0.05, 0) is 46.7 Å². The van der Waals surface area contributed by atoms with Crippen molar-refractivity contribution in [3.05, 3.63) is 59.2 Å². The lowest BCUT2D eigenvalue weighted by Crippen LogP contribution is -2.08. The van der Waals surface area contributed by atoms with Gasteiger partial charge in [-0.1, -0.05) is 81.6 Å². The molecule has 2 aromatic rings. The van der Waals surface area contributed by atoms with Gasteiger partial charge >= 0.3 is 0 Å². The van der Waals surface area contributed by atoms with Crippen molar-refractivity contribution in [2.45, 2.75) is 29.4 Å². The molecule has 0 unspecified atom stereocenters. The molecule has 2 heteroatoms. The molecule has 97 valence electrons. The van der Waals surface area contributed by atoms with Crippen molar-refractivity contribution in [2.24, 2.45) is 0 Å². The second-order valence-electron chi connectivity index (χ2n) is 5.05. The molecule has 0 aliphatic heterocycles. The fourth-order valence-electron chi connectivity index (χ4n) is 2.72. The van der Waals surface area contributed by atoms with Crippen LogP contribution in [0.5, 0.6) is 0 Å². The predicted octanol–water partition coefficient (Wildman–Crippen LogP) is 5.80. The van der Waals surface area contributed by atoms with Gasteiger partial charge in [0, 0.05) is 0 Å². The number of fused-ring (bicyclic) bond motifs is 3. The van der Waals surface area contributed by atoms with Crippen LogP contribution in [0.1, 0.15) is 36.5 Å². The van der Waals surface area contributed by atoms with E-state index in [1.165, 1.54) is 27.8 Å². The Morgan fingerprint density at radius 3 is 2.68 bits per heavy atom. The van der Waals surface area contributed by atoms with Crippen LogP contribution in [0.25, 0.3) is 11.1 Å². The third kappa shape index (κ3) is 2.41. The minimum absolute atomic E-state index is 0.140. The Labute approximate surface area is 131 Å². The number of hydrogen-bond acceptors (Lipinski definition) is 0. The highest BCUT2D eigenvalue weighted by Gasteiger charge is 2.27. The maximum Gasteiger partial charge on any atom is 0.106 e. The molecule has 0 saturated carbocycles. The van der Waals surface area contributed by atoms with Gasteiger partial charge in [0.05, 0.1) is 0 Å². The van der Waals surface area contributed by atoms with Crippen molar-refractivity contribution < 1.29 is 0 Å². The van der Waals surface area contributed by atoms with E-state index < -0.39 is 0 Å². The molecular weight excluding hydrogens is 364 g/mol. The van der Waals surface area contributed by atoms with Crippen LogP contribution in [-0.4, -0.2) is 0 Å². The zero-order valence-electron chi connectivity index (χ0n) is 10.8. The van der Waals surface area contributed by atoms with E-state index in [0.717, 1.165) is 19.3 Å². The van der Waals surface area contributed by atoms with Gasteiger partial charge in [0.2, 0.25) is 0 Å². The Balaban J connectivity index is 2.02. The molecule has 0 bridgehead atoms. The summed E-state index contributed by atoms with van der Waals surface area (Å²) in [7, 11) is 0. The van der Waals surface area contributed by atoms with E-state index >= 15 is 0 Å². The van der Waals surface area contributed by atoms with Crippen molar-refractivity contribution in [3.8, 4) is 11.1 Å². The van der Waals surface area contributed by atoms with Crippen molar-refractivity contribution in [1.82, 2.24) is 0 Å². The molecule has 0 aromatic heterocycles. The van der Waals surface area contributed by atoms with Crippen LogP contribution in [0.2, 0.25) is 0 Å². The fraction of sp³-hybridized carbons (Fsp3) is 0.294. The standard InChI is InChI=1S/C17H15Br2/c1-2-9-17(18,19)14-7-8-16-13(11-14)10-12-5-3-4-6-15(12)16/h3-8H,2,9-10H2,1H3. The lowest BCUT2D eigenvalue weighted by atomic mass is 10.0. The topological polar surface area (TPSA) is 0 Å². The van der Waals surface area contributed by atoms with Crippen LogP contribution in [0.15, 0.2) is 36.4 Å². The molecule has 19 heavy (non-hydrogen) atoms. The summed E-state index contributed by atoms with van der Waals surface area (Å²) >= 11 is 7.56. The first-order valence-electron chi connectivity index (χ1n) is 6.63. The summed E-state index contributed by atoms with van der Waals surface area (Å²) in [5.74, 6) is 0. The largest absolute Gasteiger partial charge is 0.106 e. The monoisotopic (exact) mass is 377 g/mol. The highest BCUT2D eigenvalue weighted by molar-refractivity contribution is 9.24. The molecule has 0 N–H and O–H groups in total. The van der Waals surface area contributed by atoms with E-state index in [1.807, 2.05) is 0 Å². The number of rotatable bonds is 3. The van der Waals surface area contributed by atoms with Crippen molar-refractivity contribution in [3.63, 3.8) is 0 Å². The average Bonchev–Trinajstić information content (AvgIpc) is 2.76. The fourth-order valence-corrected chi connectivity index (χ4v) is 3.98. The summed E-state index contributed by atoms with van der Waals surface area (Å²) < 4.78 is -0.140. The summed E-state index contributed by atoms with van der Waals surface area (Å²) in [5, 5.41) is 0. The number of halogens is 2. The van der Waals surface area contributed by atoms with E-state index in [-0.39, 0.29) is 3.23 Å². The third-order valence-electron chi connectivity index (χ3n) is 3.66. The molecule has 0 spiro atoms. The van der Waals surface area contributed by atoms with Gasteiger partial charge in [-0.2, -0.15) is 0 Å². The van der Waals surface area contributed by atoms with E-state index in [9.17, 15) is 0 Å². The van der Waals surface area contributed by atoms with Crippen molar-refractivity contribution in [1.29, 1.82) is 0 Å². The molecule has 0 nitrogen and oxygen atoms in total. The Kier molecular flexibility index (Phi) is 3.57. The lowest BCUT2D eigenvalue weighted by molar-refractivity contribution is 0.755. The van der Waals surface area contributed by atoms with Crippen LogP contribution >= 0.6 is 31.9 Å². The van der Waals surface area contributed by atoms with Gasteiger partial charge in [0.15, 0.2) is 0 Å². The van der Waals surface area contributed by atoms with Crippen LogP contribution < -0.4 is 0 Å². The molecule has 1 aliphatic carbocycles. The Morgan fingerprint density at radius 1 is 1.11 bits per heavy atom. The zero-order chi connectivity index (χ0) is 13.5. The van der Waals surface area contributed by atoms with Gasteiger partial charge in [-0.15, -0.1) is 0 Å². The Bertz CT molecular complexity index is 614. The number of benzene rings is 2. The van der Waals surface area contributed by atoms with Crippen LogP contribution in [0, 0.1) is 6.07 Å². The maximum absolute atomic E-state index is 3.78. The molecule has 3 rings (SSSR count). The van der Waals surface area contributed by atoms with Gasteiger partial charge in [0.25, 0.3) is 0 Å². The summed E-state index contributed by atoms with van der Waals surface area (Å²) in [6.45, 7) is 2.19. The minimum atomic E-state index is -0.140. The Morgan fingerprint density at radius 2 is 1.89 bits per heavy atom. The zero-order valence-corrected chi connectivity index (χ0v) is 14.0. The number of hydrogen-bond donors (Lipinski definition) is 0. The smallest absolute Gasteiger partial charge is 0.0674 e. The molecule has 2 aromatic carbocycles. The van der Waals surface area contributed by atoms with Gasteiger partial charge in [0.1, 0.15) is 3.23 Å². The quantitative estimate of drug-likeness (QED) is 0.505. The van der Waals surface area contributed by atoms with Gasteiger partial charge < -0.3 is 0 Å². The van der Waals surface area contributed by atoms with Crippen LogP contribution in [0.3, 0.4) is 0 Å². The molecule has 0 heterocycles. The van der Waals surface area contributed by atoms with Crippen LogP contribution in [-0.2, 0) is 9.65 Å². The second-order valence-corrected chi connectivity index (χ2v) is 8.82. The normalized spacial score (nSPS) is 13.2. The first-order chi connectivity index (χ1) is 9.12. The predicted molar refractivity (Wildman–Crippen MR) is 88.0 cm³/mol. The molecule has 0 fully saturated rings. The SMILES string of the molecule is CCCC(Br)(Br)c1[c]c2c(cc1)-c1ccccc1C2. The molecule has 0 saturated heterocycles. The average molecular weight is 379 g/mol. The maximum atomic E-state index is 3.78. The Hall–Kier alpha value is -0.600. The summed E-state index contributed by atoms with van der Waals surface area (Å²) in [5.41, 5.74) is 6.63. The van der Waals surface area contributed by atoms with E-state index in [0.29, 0.717) is 0 Å². The van der Waals surface area contributed by atoms with E-state index in [2.05, 4.69) is 81.2 Å². The van der Waals surface area contributed by atoms with Crippen LogP contribution in [0.4, 0.5) is 0 Å². The molecule has 1 aliphatic rings. The first kappa shape index (κ1) is 13.4. The third-order valence-corrected chi connectivity index (χ3v) is 5.31. The van der Waals surface area contributed by atoms with Gasteiger partial charge in [-0.25, -0.2) is 0 Å². The first-order valence-corrected chi connectivity index (χ1v) is 8.22. The van der Waals surface area contributed by atoms with E-state index in [4.69, 9.17) is 0 Å². The number of alkyl halides is 2. The second kappa shape index (κ2) is 5.06. The molecule has 0 atom stereocenters. The summed E-state index contributed by atoms with van der Waals surface area (Å²) in [6.07, 6.45) is 3.18. The highest BCUT2D eigenvalue weighted by atomic mass is 79.9. The summed E-state index contributed by atoms with van der Waals surface area (Å²) in [4.78, 5) is 0. The minimum Gasteiger partial charge on any atom is -0.0674 e. The molecular formula is C17H15Br2. The van der Waals surface area contributed by atoms with Crippen molar-refractivity contribution in [2.75, 3.05) is 0 Å². The van der Waals surface area contributed by atoms with Crippen molar-refractivity contribution >= 4 is 31.9 Å². The van der Waals surface area contributed by atoms with E-state index in [1.54, 1.807) is 0 Å². The van der Waals surface area contributed by atoms with Gasteiger partial charge in [-0.3, -0.25) is 0 Å².